The number of aliphatic hydroxyl groups is 1. The van der Waals surface area contributed by atoms with Gasteiger partial charge < -0.3 is 5.11 Å². The van der Waals surface area contributed by atoms with Crippen LogP contribution in [0.4, 0.5) is 4.39 Å². The first kappa shape index (κ1) is 12.8. The molecule has 0 saturated heterocycles. The normalized spacial score (nSPS) is 12.4. The number of rotatable bonds is 3. The maximum atomic E-state index is 13.2. The number of benzene rings is 2. The maximum absolute atomic E-state index is 13.2. The molecule has 0 fully saturated rings. The summed E-state index contributed by atoms with van der Waals surface area (Å²) >= 11 is 0. The Balaban J connectivity index is 2.34. The van der Waals surface area contributed by atoms with Crippen molar-refractivity contribution in [2.75, 3.05) is 0 Å². The van der Waals surface area contributed by atoms with Crippen LogP contribution >= 0.6 is 0 Å². The lowest BCUT2D eigenvalue weighted by atomic mass is 9.98. The van der Waals surface area contributed by atoms with Crippen LogP contribution in [0.5, 0.6) is 0 Å². The molecule has 1 N–H and O–H groups in total. The lowest BCUT2D eigenvalue weighted by Gasteiger charge is -2.13. The first-order valence-corrected chi connectivity index (χ1v) is 6.14. The van der Waals surface area contributed by atoms with E-state index in [-0.39, 0.29) is 5.82 Å². The molecule has 2 aromatic carbocycles. The number of aliphatic hydroxyl groups excluding tert-OH is 1. The summed E-state index contributed by atoms with van der Waals surface area (Å²) < 4.78 is 13.2. The van der Waals surface area contributed by atoms with Gasteiger partial charge in [-0.1, -0.05) is 43.3 Å². The molecule has 0 heterocycles. The standard InChI is InChI=1S/C16H17FO/c1-3-12-5-4-6-13(10-12)16(18)14-7-8-15(17)11(2)9-14/h4-10,16,18H,3H2,1-2H3. The van der Waals surface area contributed by atoms with Gasteiger partial charge in [-0.15, -0.1) is 0 Å². The SMILES string of the molecule is CCc1cccc(C(O)c2ccc(F)c(C)c2)c1. The highest BCUT2D eigenvalue weighted by atomic mass is 19.1. The minimum Gasteiger partial charge on any atom is -0.384 e. The molecule has 94 valence electrons. The molecule has 0 aliphatic carbocycles. The Morgan fingerprint density at radius 2 is 1.83 bits per heavy atom. The predicted octanol–water partition coefficient (Wildman–Crippen LogP) is 3.78. The molecule has 2 heteroatoms. The summed E-state index contributed by atoms with van der Waals surface area (Å²) in [5.74, 6) is -0.242. The number of hydrogen-bond acceptors (Lipinski definition) is 1. The summed E-state index contributed by atoms with van der Waals surface area (Å²) in [6.07, 6.45) is 0.235. The van der Waals surface area contributed by atoms with E-state index < -0.39 is 6.10 Å². The zero-order valence-corrected chi connectivity index (χ0v) is 10.7. The number of aryl methyl sites for hydroxylation is 2. The Labute approximate surface area is 107 Å². The fraction of sp³-hybridized carbons (Fsp3) is 0.250. The molecule has 0 radical (unpaired) electrons. The highest BCUT2D eigenvalue weighted by Crippen LogP contribution is 2.24. The highest BCUT2D eigenvalue weighted by Gasteiger charge is 2.11. The first-order valence-electron chi connectivity index (χ1n) is 6.14. The largest absolute Gasteiger partial charge is 0.384 e. The average molecular weight is 244 g/mol. The van der Waals surface area contributed by atoms with Gasteiger partial charge in [-0.05, 0) is 41.7 Å². The summed E-state index contributed by atoms with van der Waals surface area (Å²) in [6.45, 7) is 3.78. The van der Waals surface area contributed by atoms with Gasteiger partial charge in [0, 0.05) is 0 Å². The van der Waals surface area contributed by atoms with E-state index in [0.29, 0.717) is 5.56 Å². The molecule has 2 aromatic rings. The van der Waals surface area contributed by atoms with Crippen molar-refractivity contribution in [1.29, 1.82) is 0 Å². The molecule has 2 rings (SSSR count). The Kier molecular flexibility index (Phi) is 3.78. The van der Waals surface area contributed by atoms with E-state index in [0.717, 1.165) is 17.5 Å². The molecular formula is C16H17FO. The Hall–Kier alpha value is -1.67. The fourth-order valence-corrected chi connectivity index (χ4v) is 2.01. The third kappa shape index (κ3) is 2.59. The van der Waals surface area contributed by atoms with Crippen LogP contribution in [0, 0.1) is 12.7 Å². The van der Waals surface area contributed by atoms with Gasteiger partial charge in [-0.25, -0.2) is 4.39 Å². The van der Waals surface area contributed by atoms with Crippen molar-refractivity contribution < 1.29 is 9.50 Å². The fourth-order valence-electron chi connectivity index (χ4n) is 2.01. The van der Waals surface area contributed by atoms with Crippen LogP contribution in [0.15, 0.2) is 42.5 Å². The molecule has 1 atom stereocenters. The van der Waals surface area contributed by atoms with Crippen molar-refractivity contribution >= 4 is 0 Å². The zero-order valence-electron chi connectivity index (χ0n) is 10.7. The van der Waals surface area contributed by atoms with Crippen LogP contribution in [-0.2, 0) is 6.42 Å². The van der Waals surface area contributed by atoms with Gasteiger partial charge in [0.25, 0.3) is 0 Å². The topological polar surface area (TPSA) is 20.2 Å². The first-order chi connectivity index (χ1) is 8.61. The lowest BCUT2D eigenvalue weighted by molar-refractivity contribution is 0.220. The predicted molar refractivity (Wildman–Crippen MR) is 71.0 cm³/mol. The second-order valence-corrected chi connectivity index (χ2v) is 4.51. The zero-order chi connectivity index (χ0) is 13.1. The van der Waals surface area contributed by atoms with E-state index in [1.165, 1.54) is 11.6 Å². The van der Waals surface area contributed by atoms with E-state index in [2.05, 4.69) is 6.92 Å². The molecule has 18 heavy (non-hydrogen) atoms. The van der Waals surface area contributed by atoms with Crippen LogP contribution in [0.3, 0.4) is 0 Å². The van der Waals surface area contributed by atoms with E-state index in [1.54, 1.807) is 19.1 Å². The van der Waals surface area contributed by atoms with Gasteiger partial charge in [0.15, 0.2) is 0 Å². The van der Waals surface area contributed by atoms with Crippen molar-refractivity contribution in [2.45, 2.75) is 26.4 Å². The molecule has 0 amide bonds. The van der Waals surface area contributed by atoms with E-state index in [1.807, 2.05) is 24.3 Å². The third-order valence-corrected chi connectivity index (χ3v) is 3.17. The molecule has 0 bridgehead atoms. The quantitative estimate of drug-likeness (QED) is 0.871. The minimum absolute atomic E-state index is 0.242. The third-order valence-electron chi connectivity index (χ3n) is 3.17. The Bertz CT molecular complexity index is 549. The van der Waals surface area contributed by atoms with E-state index in [9.17, 15) is 9.50 Å². The van der Waals surface area contributed by atoms with Crippen molar-refractivity contribution in [3.05, 3.63) is 70.5 Å². The summed E-state index contributed by atoms with van der Waals surface area (Å²) in [5.41, 5.74) is 3.31. The second kappa shape index (κ2) is 5.32. The number of hydrogen-bond donors (Lipinski definition) is 1. The second-order valence-electron chi connectivity index (χ2n) is 4.51. The number of halogens is 1. The van der Waals surface area contributed by atoms with E-state index >= 15 is 0 Å². The van der Waals surface area contributed by atoms with Gasteiger partial charge in [0.1, 0.15) is 11.9 Å². The van der Waals surface area contributed by atoms with Crippen LogP contribution in [0.1, 0.15) is 35.3 Å². The van der Waals surface area contributed by atoms with E-state index in [4.69, 9.17) is 0 Å². The summed E-state index contributed by atoms with van der Waals surface area (Å²) in [6, 6.07) is 12.6. The van der Waals surface area contributed by atoms with Gasteiger partial charge in [-0.2, -0.15) is 0 Å². The van der Waals surface area contributed by atoms with Crippen LogP contribution in [0.25, 0.3) is 0 Å². The van der Waals surface area contributed by atoms with Crippen LogP contribution in [-0.4, -0.2) is 5.11 Å². The Morgan fingerprint density at radius 1 is 1.11 bits per heavy atom. The van der Waals surface area contributed by atoms with Crippen molar-refractivity contribution in [2.24, 2.45) is 0 Å². The van der Waals surface area contributed by atoms with Crippen LogP contribution < -0.4 is 0 Å². The minimum atomic E-state index is -0.698. The van der Waals surface area contributed by atoms with Crippen LogP contribution in [0.2, 0.25) is 0 Å². The summed E-state index contributed by atoms with van der Waals surface area (Å²) in [5, 5.41) is 10.3. The van der Waals surface area contributed by atoms with Crippen molar-refractivity contribution in [3.63, 3.8) is 0 Å². The molecule has 0 saturated carbocycles. The molecule has 1 unspecified atom stereocenters. The molecule has 0 aliphatic rings. The molecule has 0 aromatic heterocycles. The van der Waals surface area contributed by atoms with Gasteiger partial charge >= 0.3 is 0 Å². The summed E-state index contributed by atoms with van der Waals surface area (Å²) in [4.78, 5) is 0. The van der Waals surface area contributed by atoms with Crippen molar-refractivity contribution in [1.82, 2.24) is 0 Å². The highest BCUT2D eigenvalue weighted by molar-refractivity contribution is 5.34. The average Bonchev–Trinajstić information content (AvgIpc) is 2.41. The smallest absolute Gasteiger partial charge is 0.126 e. The van der Waals surface area contributed by atoms with Gasteiger partial charge in [0.2, 0.25) is 0 Å². The van der Waals surface area contributed by atoms with Gasteiger partial charge in [-0.3, -0.25) is 0 Å². The molecular weight excluding hydrogens is 227 g/mol. The molecule has 1 nitrogen and oxygen atoms in total. The molecule has 0 spiro atoms. The van der Waals surface area contributed by atoms with Gasteiger partial charge in [0.05, 0.1) is 0 Å². The monoisotopic (exact) mass is 244 g/mol. The maximum Gasteiger partial charge on any atom is 0.126 e. The van der Waals surface area contributed by atoms with Crippen molar-refractivity contribution in [3.8, 4) is 0 Å². The lowest BCUT2D eigenvalue weighted by Crippen LogP contribution is -2.01. The Morgan fingerprint density at radius 3 is 2.50 bits per heavy atom. The summed E-state index contributed by atoms with van der Waals surface area (Å²) in [7, 11) is 0. The molecule has 0 aliphatic heterocycles.